The van der Waals surface area contributed by atoms with Crippen LogP contribution in [-0.4, -0.2) is 13.7 Å². The van der Waals surface area contributed by atoms with E-state index in [-0.39, 0.29) is 0 Å². The summed E-state index contributed by atoms with van der Waals surface area (Å²) >= 11 is 7.48. The van der Waals surface area contributed by atoms with Crippen LogP contribution in [0.3, 0.4) is 0 Å². The molecule has 7 heteroatoms. The molecule has 250 valence electrons. The topological polar surface area (TPSA) is 14.8 Å². The summed E-state index contributed by atoms with van der Waals surface area (Å²) in [6.07, 6.45) is 0. The maximum absolute atomic E-state index is 2.42. The molecule has 12 rings (SSSR count). The summed E-state index contributed by atoms with van der Waals surface area (Å²) in [7, 11) is 0. The summed E-state index contributed by atoms with van der Waals surface area (Å²) in [5, 5.41) is 6.96. The van der Waals surface area contributed by atoms with Crippen molar-refractivity contribution in [3.8, 4) is 37.9 Å². The summed E-state index contributed by atoms with van der Waals surface area (Å²) < 4.78 is 12.7. The monoisotopic (exact) mass is 749 g/mol. The van der Waals surface area contributed by atoms with E-state index in [4.69, 9.17) is 0 Å². The molecule has 0 spiro atoms. The van der Waals surface area contributed by atoms with Crippen LogP contribution in [0.2, 0.25) is 0 Å². The fraction of sp³-hybridized carbons (Fsp3) is 0. The highest BCUT2D eigenvalue weighted by molar-refractivity contribution is 7.29. The standard InChI is InChI=1S/C46H27N3S4/c1-4-10-30(11-5-1)47-35-18-16-28(41-26-39-45(52-41)43-37(20-22-50-43)48(39)31-12-6-2-7-13-31)24-33(35)34-25-29(17-19-36(34)47)42-27-40-46(53-42)44-38(21-23-51-44)49(40)32-14-8-3-9-15-32/h1-27H. The van der Waals surface area contributed by atoms with E-state index >= 15 is 0 Å². The van der Waals surface area contributed by atoms with Crippen molar-refractivity contribution in [2.75, 3.05) is 0 Å². The Bertz CT molecular complexity index is 3120. The Morgan fingerprint density at radius 1 is 0.321 bits per heavy atom. The van der Waals surface area contributed by atoms with Crippen molar-refractivity contribution in [1.82, 2.24) is 13.7 Å². The van der Waals surface area contributed by atoms with Crippen LogP contribution in [0, 0.1) is 0 Å². The number of hydrogen-bond donors (Lipinski definition) is 0. The minimum Gasteiger partial charge on any atom is -0.309 e. The Morgan fingerprint density at radius 2 is 0.717 bits per heavy atom. The van der Waals surface area contributed by atoms with Crippen molar-refractivity contribution in [3.63, 3.8) is 0 Å². The number of rotatable bonds is 5. The van der Waals surface area contributed by atoms with E-state index in [1.54, 1.807) is 0 Å². The lowest BCUT2D eigenvalue weighted by molar-refractivity contribution is 1.18. The van der Waals surface area contributed by atoms with Gasteiger partial charge >= 0.3 is 0 Å². The summed E-state index contributed by atoms with van der Waals surface area (Å²) in [5.41, 5.74) is 13.6. The molecule has 3 nitrogen and oxygen atoms in total. The number of thiophene rings is 4. The average Bonchev–Trinajstić information content (AvgIpc) is 4.06. The molecule has 0 N–H and O–H groups in total. The van der Waals surface area contributed by atoms with Crippen LogP contribution in [-0.2, 0) is 0 Å². The molecule has 0 aliphatic carbocycles. The molecule has 12 aromatic rings. The molecular weight excluding hydrogens is 723 g/mol. The summed E-state index contributed by atoms with van der Waals surface area (Å²) in [4.78, 5) is 2.58. The van der Waals surface area contributed by atoms with Crippen LogP contribution < -0.4 is 0 Å². The highest BCUT2D eigenvalue weighted by Crippen LogP contribution is 2.47. The molecular formula is C46H27N3S4. The molecule has 7 aromatic heterocycles. The normalized spacial score (nSPS) is 12.2. The second-order valence-electron chi connectivity index (χ2n) is 13.4. The lowest BCUT2D eigenvalue weighted by Crippen LogP contribution is -1.93. The highest BCUT2D eigenvalue weighted by Gasteiger charge is 2.21. The first-order chi connectivity index (χ1) is 26.3. The molecule has 0 saturated heterocycles. The number of fused-ring (bicyclic) bond motifs is 9. The van der Waals surface area contributed by atoms with Crippen LogP contribution >= 0.6 is 45.3 Å². The van der Waals surface area contributed by atoms with Gasteiger partial charge in [-0.15, -0.1) is 45.3 Å². The van der Waals surface area contributed by atoms with Crippen molar-refractivity contribution < 1.29 is 0 Å². The smallest absolute Gasteiger partial charge is 0.0711 e. The van der Waals surface area contributed by atoms with Gasteiger partial charge in [-0.05, 0) is 107 Å². The zero-order valence-electron chi connectivity index (χ0n) is 28.1. The van der Waals surface area contributed by atoms with E-state index in [2.05, 4.69) is 176 Å². The molecule has 0 fully saturated rings. The molecule has 0 radical (unpaired) electrons. The van der Waals surface area contributed by atoms with E-state index in [1.807, 2.05) is 45.3 Å². The third-order valence-electron chi connectivity index (χ3n) is 10.5. The van der Waals surface area contributed by atoms with Crippen LogP contribution in [0.25, 0.3) is 101 Å². The zero-order chi connectivity index (χ0) is 34.6. The maximum Gasteiger partial charge on any atom is 0.0711 e. The largest absolute Gasteiger partial charge is 0.309 e. The molecule has 0 bridgehead atoms. The Hall–Kier alpha value is -5.70. The second-order valence-corrected chi connectivity index (χ2v) is 17.3. The van der Waals surface area contributed by atoms with Gasteiger partial charge < -0.3 is 13.7 Å². The molecule has 0 aliphatic rings. The Balaban J connectivity index is 1.06. The fourth-order valence-electron chi connectivity index (χ4n) is 8.16. The molecule has 53 heavy (non-hydrogen) atoms. The third-order valence-corrected chi connectivity index (χ3v) is 14.9. The number of nitrogens with zero attached hydrogens (tertiary/aromatic N) is 3. The fourth-order valence-corrected chi connectivity index (χ4v) is 12.5. The first kappa shape index (κ1) is 29.8. The first-order valence-corrected chi connectivity index (χ1v) is 21.0. The van der Waals surface area contributed by atoms with Gasteiger partial charge in [-0.3, -0.25) is 0 Å². The van der Waals surface area contributed by atoms with Gasteiger partial charge in [-0.2, -0.15) is 0 Å². The van der Waals surface area contributed by atoms with Gasteiger partial charge in [0.15, 0.2) is 0 Å². The zero-order valence-corrected chi connectivity index (χ0v) is 31.3. The predicted octanol–water partition coefficient (Wildman–Crippen LogP) is 14.6. The van der Waals surface area contributed by atoms with E-state index < -0.39 is 0 Å². The Labute approximate surface area is 320 Å². The van der Waals surface area contributed by atoms with Gasteiger partial charge in [-0.25, -0.2) is 0 Å². The van der Waals surface area contributed by atoms with Crippen molar-refractivity contribution in [3.05, 3.63) is 162 Å². The van der Waals surface area contributed by atoms with Crippen molar-refractivity contribution in [2.24, 2.45) is 0 Å². The van der Waals surface area contributed by atoms with Gasteiger partial charge in [0.25, 0.3) is 0 Å². The summed E-state index contributed by atoms with van der Waals surface area (Å²) in [5.74, 6) is 0. The SMILES string of the molecule is c1ccc(-n2c3ccc(-c4cc5c(s4)c4sccc4n5-c4ccccc4)cc3c3cc(-c4cc5c(s4)c4sccc4n5-c4ccccc4)ccc32)cc1. The number of benzene rings is 5. The first-order valence-electron chi connectivity index (χ1n) is 17.6. The van der Waals surface area contributed by atoms with Crippen molar-refractivity contribution >= 4 is 108 Å². The van der Waals surface area contributed by atoms with Gasteiger partial charge in [0, 0.05) is 37.6 Å². The molecule has 0 unspecified atom stereocenters. The van der Waals surface area contributed by atoms with Crippen LogP contribution in [0.5, 0.6) is 0 Å². The van der Waals surface area contributed by atoms with E-state index in [0.29, 0.717) is 0 Å². The van der Waals surface area contributed by atoms with Gasteiger partial charge in [-0.1, -0.05) is 66.7 Å². The molecule has 0 saturated carbocycles. The quantitative estimate of drug-likeness (QED) is 0.166. The van der Waals surface area contributed by atoms with Gasteiger partial charge in [0.05, 0.1) is 51.9 Å². The minimum absolute atomic E-state index is 1.17. The minimum atomic E-state index is 1.17. The average molecular weight is 750 g/mol. The van der Waals surface area contributed by atoms with Crippen molar-refractivity contribution in [1.29, 1.82) is 0 Å². The highest BCUT2D eigenvalue weighted by atomic mass is 32.1. The molecule has 7 heterocycles. The molecule has 5 aromatic carbocycles. The van der Waals surface area contributed by atoms with Crippen LogP contribution in [0.15, 0.2) is 162 Å². The Morgan fingerprint density at radius 3 is 1.13 bits per heavy atom. The second kappa shape index (κ2) is 11.4. The molecule has 0 atom stereocenters. The van der Waals surface area contributed by atoms with Gasteiger partial charge in [0.2, 0.25) is 0 Å². The van der Waals surface area contributed by atoms with Crippen molar-refractivity contribution in [2.45, 2.75) is 0 Å². The van der Waals surface area contributed by atoms with Crippen LogP contribution in [0.1, 0.15) is 0 Å². The predicted molar refractivity (Wildman–Crippen MR) is 232 cm³/mol. The van der Waals surface area contributed by atoms with E-state index in [9.17, 15) is 0 Å². The lowest BCUT2D eigenvalue weighted by Gasteiger charge is -2.08. The number of para-hydroxylation sites is 3. The van der Waals surface area contributed by atoms with E-state index in [0.717, 1.165) is 0 Å². The summed E-state index contributed by atoms with van der Waals surface area (Å²) in [6.45, 7) is 0. The summed E-state index contributed by atoms with van der Waals surface area (Å²) in [6, 6.07) is 55.7. The Kier molecular flexibility index (Phi) is 6.42. The maximum atomic E-state index is 2.42. The number of aromatic nitrogens is 3. The van der Waals surface area contributed by atoms with Crippen LogP contribution in [0.4, 0.5) is 0 Å². The lowest BCUT2D eigenvalue weighted by atomic mass is 10.1. The van der Waals surface area contributed by atoms with Gasteiger partial charge in [0.1, 0.15) is 0 Å². The molecule has 0 aliphatic heterocycles. The molecule has 0 amide bonds. The third kappa shape index (κ3) is 4.36. The van der Waals surface area contributed by atoms with E-state index in [1.165, 1.54) is 101 Å². The number of hydrogen-bond acceptors (Lipinski definition) is 4.